The highest BCUT2D eigenvalue weighted by atomic mass is 35.5. The van der Waals surface area contributed by atoms with Crippen LogP contribution in [0.3, 0.4) is 0 Å². The van der Waals surface area contributed by atoms with E-state index in [-0.39, 0.29) is 32.5 Å². The number of hydrogen-bond donors (Lipinski definition) is 0. The predicted octanol–water partition coefficient (Wildman–Crippen LogP) is 8.44. The third-order valence-electron chi connectivity index (χ3n) is 9.33. The van der Waals surface area contributed by atoms with Gasteiger partial charge in [0.25, 0.3) is 0 Å². The van der Waals surface area contributed by atoms with Crippen LogP contribution in [-0.4, -0.2) is 49.2 Å². The Kier molecular flexibility index (Phi) is 9.94. The zero-order valence-electron chi connectivity index (χ0n) is 27.4. The predicted molar refractivity (Wildman–Crippen MR) is 181 cm³/mol. The molecule has 0 aliphatic carbocycles. The van der Waals surface area contributed by atoms with Crippen LogP contribution < -0.4 is 9.64 Å². The second-order valence-corrected chi connectivity index (χ2v) is 14.2. The first-order valence-electron chi connectivity index (χ1n) is 15.5. The van der Waals surface area contributed by atoms with E-state index >= 15 is 13.6 Å². The number of hydrogen-bond acceptors (Lipinski definition) is 6. The van der Waals surface area contributed by atoms with E-state index < -0.39 is 58.5 Å². The molecular weight excluding hydrogens is 659 g/mol. The summed E-state index contributed by atoms with van der Waals surface area (Å²) < 4.78 is 42.9. The van der Waals surface area contributed by atoms with Crippen molar-refractivity contribution in [2.75, 3.05) is 19.1 Å². The van der Waals surface area contributed by atoms with Gasteiger partial charge in [-0.15, -0.1) is 6.58 Å². The Balaban J connectivity index is 1.84. The van der Waals surface area contributed by atoms with Gasteiger partial charge in [-0.3, -0.25) is 14.6 Å². The third kappa shape index (κ3) is 5.84. The molecule has 5 rings (SSSR count). The summed E-state index contributed by atoms with van der Waals surface area (Å²) in [5.74, 6) is -3.55. The molecule has 2 fully saturated rings. The van der Waals surface area contributed by atoms with Gasteiger partial charge in [-0.1, -0.05) is 68.2 Å². The number of nitrogens with zero attached hydrogens (tertiary/aromatic N) is 3. The van der Waals surface area contributed by atoms with E-state index in [1.54, 1.807) is 29.2 Å². The SMILES string of the molecule is C=CCC[C@@H]1N(c2ccc(C(=O)OC)c(OC)c2)C(=O)[C@H]2[C@H](c3cccc(Cl)c3F)[C@@](C#N)(c3ccc(Cl)cc3F)[C@H](CC(C)(C)C)N12. The quantitative estimate of drug-likeness (QED) is 0.165. The molecule has 0 radical (unpaired) electrons. The number of methoxy groups -OCH3 is 2. The number of allylic oxidation sites excluding steroid dienone is 1. The normalized spacial score (nSPS) is 23.9. The molecule has 2 aliphatic rings. The van der Waals surface area contributed by atoms with Gasteiger partial charge in [0.05, 0.1) is 31.5 Å². The Morgan fingerprint density at radius 1 is 1.12 bits per heavy atom. The lowest BCUT2D eigenvalue weighted by molar-refractivity contribution is -0.119. The summed E-state index contributed by atoms with van der Waals surface area (Å²) in [6.45, 7) is 9.90. The topological polar surface area (TPSA) is 82.9 Å². The number of esters is 1. The van der Waals surface area contributed by atoms with Crippen LogP contribution in [0, 0.1) is 28.4 Å². The minimum Gasteiger partial charge on any atom is -0.496 e. The first kappa shape index (κ1) is 35.3. The van der Waals surface area contributed by atoms with Crippen LogP contribution in [0.25, 0.3) is 0 Å². The Bertz CT molecular complexity index is 1810. The van der Waals surface area contributed by atoms with E-state index in [0.29, 0.717) is 24.9 Å². The maximum absolute atomic E-state index is 16.3. The largest absolute Gasteiger partial charge is 0.496 e. The summed E-state index contributed by atoms with van der Waals surface area (Å²) in [5, 5.41) is 11.3. The summed E-state index contributed by atoms with van der Waals surface area (Å²) in [6.07, 6.45) is 2.28. The molecule has 0 N–H and O–H groups in total. The van der Waals surface area contributed by atoms with E-state index in [2.05, 4.69) is 12.6 Å². The molecule has 1 amide bonds. The maximum Gasteiger partial charge on any atom is 0.341 e. The minimum absolute atomic E-state index is 0.0216. The average Bonchev–Trinajstić information content (AvgIpc) is 3.48. The molecule has 2 saturated heterocycles. The molecule has 0 unspecified atom stereocenters. The van der Waals surface area contributed by atoms with Crippen molar-refractivity contribution in [3.63, 3.8) is 0 Å². The molecule has 3 aromatic rings. The van der Waals surface area contributed by atoms with Gasteiger partial charge in [0.1, 0.15) is 34.4 Å². The number of fused-ring (bicyclic) bond motifs is 1. The average molecular weight is 697 g/mol. The van der Waals surface area contributed by atoms with Gasteiger partial charge in [-0.2, -0.15) is 5.26 Å². The number of halogens is 4. The molecule has 5 atom stereocenters. The molecule has 0 aromatic heterocycles. The van der Waals surface area contributed by atoms with Gasteiger partial charge < -0.3 is 9.47 Å². The van der Waals surface area contributed by atoms with Crippen molar-refractivity contribution in [1.82, 2.24) is 4.90 Å². The summed E-state index contributed by atoms with van der Waals surface area (Å²) in [5.41, 5.74) is -1.53. The lowest BCUT2D eigenvalue weighted by Crippen LogP contribution is -2.52. The maximum atomic E-state index is 16.3. The van der Waals surface area contributed by atoms with Crippen LogP contribution in [0.2, 0.25) is 10.0 Å². The number of benzene rings is 3. The molecule has 252 valence electrons. The van der Waals surface area contributed by atoms with Crippen molar-refractivity contribution >= 4 is 40.8 Å². The smallest absolute Gasteiger partial charge is 0.341 e. The number of carbonyl (C=O) groups excluding carboxylic acids is 2. The molecule has 2 aliphatic heterocycles. The molecule has 0 spiro atoms. The van der Waals surface area contributed by atoms with Crippen LogP contribution in [0.4, 0.5) is 14.5 Å². The molecule has 2 heterocycles. The second kappa shape index (κ2) is 13.5. The highest BCUT2D eigenvalue weighted by Crippen LogP contribution is 2.60. The van der Waals surface area contributed by atoms with Gasteiger partial charge in [-0.25, -0.2) is 13.6 Å². The van der Waals surface area contributed by atoms with E-state index in [9.17, 15) is 10.1 Å². The Labute approximate surface area is 289 Å². The van der Waals surface area contributed by atoms with E-state index in [0.717, 1.165) is 6.07 Å². The van der Waals surface area contributed by atoms with Gasteiger partial charge in [0.15, 0.2) is 0 Å². The zero-order chi connectivity index (χ0) is 35.1. The van der Waals surface area contributed by atoms with Gasteiger partial charge in [0, 0.05) is 34.3 Å². The van der Waals surface area contributed by atoms with Crippen molar-refractivity contribution in [3.8, 4) is 11.8 Å². The van der Waals surface area contributed by atoms with Crippen LogP contribution in [0.15, 0.2) is 67.3 Å². The zero-order valence-corrected chi connectivity index (χ0v) is 28.9. The molecule has 0 saturated carbocycles. The Morgan fingerprint density at radius 2 is 1.85 bits per heavy atom. The first-order valence-corrected chi connectivity index (χ1v) is 16.3. The fraction of sp³-hybridized carbons (Fsp3) is 0.378. The fourth-order valence-electron chi connectivity index (χ4n) is 7.49. The first-order chi connectivity index (χ1) is 22.7. The van der Waals surface area contributed by atoms with Crippen molar-refractivity contribution in [2.45, 2.75) is 69.6 Å². The van der Waals surface area contributed by atoms with E-state index in [4.69, 9.17) is 32.7 Å². The van der Waals surface area contributed by atoms with Crippen molar-refractivity contribution in [2.24, 2.45) is 5.41 Å². The summed E-state index contributed by atoms with van der Waals surface area (Å²) in [4.78, 5) is 31.1. The van der Waals surface area contributed by atoms with Crippen molar-refractivity contribution in [1.29, 1.82) is 5.26 Å². The summed E-state index contributed by atoms with van der Waals surface area (Å²) >= 11 is 12.5. The van der Waals surface area contributed by atoms with E-state index in [1.807, 2.05) is 25.7 Å². The summed E-state index contributed by atoms with van der Waals surface area (Å²) in [6, 6.07) is 13.8. The van der Waals surface area contributed by atoms with Gasteiger partial charge in [0.2, 0.25) is 5.91 Å². The molecule has 3 aromatic carbocycles. The molecule has 48 heavy (non-hydrogen) atoms. The monoisotopic (exact) mass is 695 g/mol. The lowest BCUT2D eigenvalue weighted by atomic mass is 9.62. The van der Waals surface area contributed by atoms with Gasteiger partial charge in [-0.05, 0) is 60.6 Å². The van der Waals surface area contributed by atoms with E-state index in [1.165, 1.54) is 44.6 Å². The molecular formula is C37H37Cl2F2N3O4. The second-order valence-electron chi connectivity index (χ2n) is 13.3. The number of amides is 1. The molecule has 7 nitrogen and oxygen atoms in total. The van der Waals surface area contributed by atoms with Crippen molar-refractivity contribution < 1.29 is 27.8 Å². The Morgan fingerprint density at radius 3 is 2.46 bits per heavy atom. The standard InChI is InChI=1S/C37H37Cl2F2N3O4/c1-7-8-12-30-43(22-14-15-23(35(46)48-6)28(18-22)47-5)34(45)33-31(24-10-9-11-26(39)32(24)41)37(20-42,25-16-13-21(38)17-27(25)40)29(44(30)33)19-36(2,3)4/h7,9-11,13-18,29-31,33H,1,8,12,19H2,2-6H3/t29-,30+,31-,33+,37-/m0/s1. The van der Waals surface area contributed by atoms with Crippen LogP contribution >= 0.6 is 23.2 Å². The lowest BCUT2D eigenvalue weighted by Gasteiger charge is -2.42. The van der Waals surface area contributed by atoms with Crippen LogP contribution in [0.1, 0.15) is 67.4 Å². The highest BCUT2D eigenvalue weighted by molar-refractivity contribution is 6.31. The number of rotatable bonds is 9. The number of ether oxygens (including phenoxy) is 2. The summed E-state index contributed by atoms with van der Waals surface area (Å²) in [7, 11) is 2.67. The molecule has 11 heteroatoms. The number of carbonyl (C=O) groups is 2. The fourth-order valence-corrected chi connectivity index (χ4v) is 7.84. The Hall–Kier alpha value is -3.97. The number of nitriles is 1. The van der Waals surface area contributed by atoms with Crippen LogP contribution in [0.5, 0.6) is 5.75 Å². The number of anilines is 1. The third-order valence-corrected chi connectivity index (χ3v) is 9.85. The van der Waals surface area contributed by atoms with Gasteiger partial charge >= 0.3 is 5.97 Å². The highest BCUT2D eigenvalue weighted by Gasteiger charge is 2.69. The molecule has 0 bridgehead atoms. The van der Waals surface area contributed by atoms with Crippen molar-refractivity contribution in [3.05, 3.63) is 106 Å². The minimum atomic E-state index is -1.75. The van der Waals surface area contributed by atoms with Crippen LogP contribution in [-0.2, 0) is 14.9 Å².